The molecule has 0 unspecified atom stereocenters. The van der Waals surface area contributed by atoms with Crippen LogP contribution in [0.1, 0.15) is 30.1 Å². The molecule has 0 fully saturated rings. The zero-order chi connectivity index (χ0) is 13.8. The minimum absolute atomic E-state index is 0.0313. The Hall–Kier alpha value is -0.580. The molecule has 0 atom stereocenters. The summed E-state index contributed by atoms with van der Waals surface area (Å²) >= 11 is 11.6. The molecule has 0 heterocycles. The van der Waals surface area contributed by atoms with E-state index in [0.29, 0.717) is 22.0 Å². The van der Waals surface area contributed by atoms with Gasteiger partial charge in [0.15, 0.2) is 5.78 Å². The number of benzene rings is 1. The first-order valence-corrected chi connectivity index (χ1v) is 8.11. The summed E-state index contributed by atoms with van der Waals surface area (Å²) in [5, 5.41) is 0.791. The van der Waals surface area contributed by atoms with Gasteiger partial charge >= 0.3 is 0 Å². The number of carbonyl (C=O) groups excluding carboxylic acids is 1. The SMILES string of the molecule is CCS(=O)(=O)CCCC(=O)c1cc(Cl)cc(Cl)c1. The van der Waals surface area contributed by atoms with Crippen molar-refractivity contribution >= 4 is 38.8 Å². The number of rotatable bonds is 6. The summed E-state index contributed by atoms with van der Waals surface area (Å²) in [6.07, 6.45) is 0.495. The van der Waals surface area contributed by atoms with E-state index in [4.69, 9.17) is 23.2 Å². The van der Waals surface area contributed by atoms with Crippen LogP contribution < -0.4 is 0 Å². The van der Waals surface area contributed by atoms with Crippen molar-refractivity contribution in [2.45, 2.75) is 19.8 Å². The van der Waals surface area contributed by atoms with Crippen LogP contribution in [0.15, 0.2) is 18.2 Å². The summed E-state index contributed by atoms with van der Waals surface area (Å²) in [5.41, 5.74) is 0.418. The van der Waals surface area contributed by atoms with E-state index in [1.54, 1.807) is 13.0 Å². The van der Waals surface area contributed by atoms with Crippen LogP contribution in [-0.4, -0.2) is 25.7 Å². The van der Waals surface area contributed by atoms with Gasteiger partial charge in [-0.1, -0.05) is 30.1 Å². The van der Waals surface area contributed by atoms with Gasteiger partial charge < -0.3 is 0 Å². The predicted molar refractivity (Wildman–Crippen MR) is 74.4 cm³/mol. The van der Waals surface area contributed by atoms with Crippen molar-refractivity contribution in [3.8, 4) is 0 Å². The van der Waals surface area contributed by atoms with E-state index in [9.17, 15) is 13.2 Å². The Morgan fingerprint density at radius 1 is 1.17 bits per heavy atom. The van der Waals surface area contributed by atoms with Crippen LogP contribution in [-0.2, 0) is 9.84 Å². The molecule has 6 heteroatoms. The van der Waals surface area contributed by atoms with Crippen molar-refractivity contribution in [1.29, 1.82) is 0 Å². The van der Waals surface area contributed by atoms with E-state index in [2.05, 4.69) is 0 Å². The van der Waals surface area contributed by atoms with Crippen molar-refractivity contribution in [3.05, 3.63) is 33.8 Å². The highest BCUT2D eigenvalue weighted by atomic mass is 35.5. The Morgan fingerprint density at radius 3 is 2.22 bits per heavy atom. The third-order valence-corrected chi connectivity index (χ3v) is 4.71. The van der Waals surface area contributed by atoms with Crippen LogP contribution in [0.3, 0.4) is 0 Å². The van der Waals surface area contributed by atoms with E-state index in [1.165, 1.54) is 12.1 Å². The summed E-state index contributed by atoms with van der Waals surface area (Å²) in [6.45, 7) is 1.59. The number of carbonyl (C=O) groups is 1. The molecular formula is C12H14Cl2O3S. The van der Waals surface area contributed by atoms with Crippen molar-refractivity contribution in [2.24, 2.45) is 0 Å². The molecular weight excluding hydrogens is 295 g/mol. The first-order chi connectivity index (χ1) is 8.34. The van der Waals surface area contributed by atoms with Crippen LogP contribution in [0.5, 0.6) is 0 Å². The number of Topliss-reactive ketones (excluding diaryl/α,β-unsaturated/α-hetero) is 1. The number of hydrogen-bond donors (Lipinski definition) is 0. The van der Waals surface area contributed by atoms with Crippen molar-refractivity contribution in [1.82, 2.24) is 0 Å². The molecule has 0 aromatic heterocycles. The predicted octanol–water partition coefficient (Wildman–Crippen LogP) is 3.39. The van der Waals surface area contributed by atoms with Gasteiger partial charge in [-0.15, -0.1) is 0 Å². The molecule has 0 spiro atoms. The highest BCUT2D eigenvalue weighted by molar-refractivity contribution is 7.91. The van der Waals surface area contributed by atoms with Crippen LogP contribution in [0.2, 0.25) is 10.0 Å². The smallest absolute Gasteiger partial charge is 0.163 e. The number of halogens is 2. The summed E-state index contributed by atoms with van der Waals surface area (Å²) in [4.78, 5) is 11.8. The fourth-order valence-electron chi connectivity index (χ4n) is 1.46. The molecule has 0 radical (unpaired) electrons. The summed E-state index contributed by atoms with van der Waals surface area (Å²) in [7, 11) is -3.02. The third-order valence-electron chi connectivity index (χ3n) is 2.48. The minimum atomic E-state index is -3.02. The zero-order valence-electron chi connectivity index (χ0n) is 9.95. The number of sulfone groups is 1. The Labute approximate surface area is 117 Å². The lowest BCUT2D eigenvalue weighted by Gasteiger charge is -2.03. The second-order valence-electron chi connectivity index (χ2n) is 3.92. The molecule has 0 N–H and O–H groups in total. The van der Waals surface area contributed by atoms with Crippen LogP contribution in [0, 0.1) is 0 Å². The maximum Gasteiger partial charge on any atom is 0.163 e. The molecule has 0 saturated carbocycles. The third kappa shape index (κ3) is 4.96. The first kappa shape index (κ1) is 15.5. The van der Waals surface area contributed by atoms with E-state index in [1.807, 2.05) is 0 Å². The number of hydrogen-bond acceptors (Lipinski definition) is 3. The van der Waals surface area contributed by atoms with E-state index in [0.717, 1.165) is 0 Å². The summed E-state index contributed by atoms with van der Waals surface area (Å²) in [5.74, 6) is -0.0148. The van der Waals surface area contributed by atoms with Gasteiger partial charge in [-0.2, -0.15) is 0 Å². The average Bonchev–Trinajstić information content (AvgIpc) is 2.27. The molecule has 1 aromatic rings. The molecule has 0 aliphatic carbocycles. The van der Waals surface area contributed by atoms with Crippen molar-refractivity contribution in [3.63, 3.8) is 0 Å². The topological polar surface area (TPSA) is 51.2 Å². The second kappa shape index (κ2) is 6.55. The molecule has 0 saturated heterocycles. The maximum absolute atomic E-state index is 11.8. The Balaban J connectivity index is 2.61. The normalized spacial score (nSPS) is 11.5. The molecule has 0 aliphatic rings. The van der Waals surface area contributed by atoms with E-state index >= 15 is 0 Å². The van der Waals surface area contributed by atoms with E-state index in [-0.39, 0.29) is 23.7 Å². The first-order valence-electron chi connectivity index (χ1n) is 5.54. The van der Waals surface area contributed by atoms with Gasteiger partial charge in [0.25, 0.3) is 0 Å². The number of ketones is 1. The van der Waals surface area contributed by atoms with Gasteiger partial charge in [-0.25, -0.2) is 8.42 Å². The van der Waals surface area contributed by atoms with Crippen molar-refractivity contribution < 1.29 is 13.2 Å². The largest absolute Gasteiger partial charge is 0.294 e. The lowest BCUT2D eigenvalue weighted by atomic mass is 10.1. The maximum atomic E-state index is 11.8. The quantitative estimate of drug-likeness (QED) is 0.757. The highest BCUT2D eigenvalue weighted by Crippen LogP contribution is 2.20. The van der Waals surface area contributed by atoms with Gasteiger partial charge in [0.2, 0.25) is 0 Å². The Kier molecular flexibility index (Phi) is 5.63. The lowest BCUT2D eigenvalue weighted by Crippen LogP contribution is -2.10. The highest BCUT2D eigenvalue weighted by Gasteiger charge is 2.11. The van der Waals surface area contributed by atoms with Gasteiger partial charge in [0, 0.05) is 27.8 Å². The molecule has 18 heavy (non-hydrogen) atoms. The molecule has 1 rings (SSSR count). The Bertz CT molecular complexity index is 518. The summed E-state index contributed by atoms with van der Waals surface area (Å²) in [6, 6.07) is 4.61. The van der Waals surface area contributed by atoms with Crippen molar-refractivity contribution in [2.75, 3.05) is 11.5 Å². The zero-order valence-corrected chi connectivity index (χ0v) is 12.3. The average molecular weight is 309 g/mol. The molecule has 3 nitrogen and oxygen atoms in total. The van der Waals surface area contributed by atoms with Gasteiger partial charge in [-0.05, 0) is 24.6 Å². The molecule has 0 aliphatic heterocycles. The summed E-state index contributed by atoms with van der Waals surface area (Å²) < 4.78 is 22.5. The monoisotopic (exact) mass is 308 g/mol. The van der Waals surface area contributed by atoms with E-state index < -0.39 is 9.84 Å². The standard InChI is InChI=1S/C12H14Cl2O3S/c1-2-18(16,17)5-3-4-12(15)9-6-10(13)8-11(14)7-9/h6-8H,2-5H2,1H3. The molecule has 100 valence electrons. The van der Waals surface area contributed by atoms with Crippen LogP contribution >= 0.6 is 23.2 Å². The van der Waals surface area contributed by atoms with Gasteiger partial charge in [0.1, 0.15) is 9.84 Å². The van der Waals surface area contributed by atoms with Gasteiger partial charge in [0.05, 0.1) is 5.75 Å². The fraction of sp³-hybridized carbons (Fsp3) is 0.417. The van der Waals surface area contributed by atoms with Crippen LogP contribution in [0.4, 0.5) is 0 Å². The molecule has 1 aromatic carbocycles. The van der Waals surface area contributed by atoms with Crippen LogP contribution in [0.25, 0.3) is 0 Å². The van der Waals surface area contributed by atoms with Gasteiger partial charge in [-0.3, -0.25) is 4.79 Å². The molecule has 0 bridgehead atoms. The second-order valence-corrected chi connectivity index (χ2v) is 7.27. The minimum Gasteiger partial charge on any atom is -0.294 e. The Morgan fingerprint density at radius 2 is 1.72 bits per heavy atom. The lowest BCUT2D eigenvalue weighted by molar-refractivity contribution is 0.0982. The molecule has 0 amide bonds. The fourth-order valence-corrected chi connectivity index (χ4v) is 2.86.